The number of hydrogen-bond donors (Lipinski definition) is 2. The Bertz CT molecular complexity index is 124. The fourth-order valence-corrected chi connectivity index (χ4v) is 2.96. The third kappa shape index (κ3) is 1.71. The zero-order valence-corrected chi connectivity index (χ0v) is 7.67. The minimum Gasteiger partial charge on any atom is -0.316 e. The first-order valence-corrected chi connectivity index (χ1v) is 5.56. The Balaban J connectivity index is 1.86. The molecule has 2 aliphatic rings. The van der Waals surface area contributed by atoms with Crippen LogP contribution in [0.2, 0.25) is 0 Å². The van der Waals surface area contributed by atoms with Crippen LogP contribution in [0.4, 0.5) is 0 Å². The van der Waals surface area contributed by atoms with Crippen molar-refractivity contribution in [3.8, 4) is 0 Å². The largest absolute Gasteiger partial charge is 0.316 e. The van der Waals surface area contributed by atoms with Crippen LogP contribution in [-0.4, -0.2) is 37.7 Å². The molecule has 0 aromatic carbocycles. The second-order valence-electron chi connectivity index (χ2n) is 3.66. The summed E-state index contributed by atoms with van der Waals surface area (Å²) in [5.74, 6) is 2.67. The Morgan fingerprint density at radius 3 is 2.73 bits per heavy atom. The molecule has 11 heavy (non-hydrogen) atoms. The van der Waals surface area contributed by atoms with Gasteiger partial charge in [0.2, 0.25) is 0 Å². The summed E-state index contributed by atoms with van der Waals surface area (Å²) in [5.41, 5.74) is 0.665. The Morgan fingerprint density at radius 2 is 2.00 bits per heavy atom. The van der Waals surface area contributed by atoms with Gasteiger partial charge in [0.1, 0.15) is 0 Å². The first-order valence-electron chi connectivity index (χ1n) is 4.41. The van der Waals surface area contributed by atoms with Crippen molar-refractivity contribution in [3.63, 3.8) is 0 Å². The molecule has 0 amide bonds. The van der Waals surface area contributed by atoms with E-state index in [1.54, 1.807) is 0 Å². The van der Waals surface area contributed by atoms with Crippen molar-refractivity contribution in [3.05, 3.63) is 0 Å². The zero-order chi connectivity index (χ0) is 7.57. The second-order valence-corrected chi connectivity index (χ2v) is 4.76. The first kappa shape index (κ1) is 7.90. The molecule has 2 heterocycles. The van der Waals surface area contributed by atoms with Crippen LogP contribution in [0.1, 0.15) is 6.42 Å². The van der Waals surface area contributed by atoms with Gasteiger partial charge in [0.05, 0.1) is 0 Å². The fraction of sp³-hybridized carbons (Fsp3) is 1.00. The summed E-state index contributed by atoms with van der Waals surface area (Å²) < 4.78 is 0. The van der Waals surface area contributed by atoms with Gasteiger partial charge in [-0.15, -0.1) is 0 Å². The number of thioether (sulfide) groups is 1. The van der Waals surface area contributed by atoms with Gasteiger partial charge in [0.15, 0.2) is 0 Å². The van der Waals surface area contributed by atoms with Gasteiger partial charge in [-0.1, -0.05) is 0 Å². The van der Waals surface area contributed by atoms with Crippen LogP contribution in [-0.2, 0) is 0 Å². The Labute approximate surface area is 72.5 Å². The van der Waals surface area contributed by atoms with Crippen LogP contribution in [0, 0.1) is 5.41 Å². The van der Waals surface area contributed by atoms with Crippen molar-refractivity contribution in [2.75, 3.05) is 37.7 Å². The fourth-order valence-electron chi connectivity index (χ4n) is 1.74. The summed E-state index contributed by atoms with van der Waals surface area (Å²) in [6.07, 6.45) is 1.37. The topological polar surface area (TPSA) is 24.1 Å². The average Bonchev–Trinajstić information content (AvgIpc) is 1.82. The second kappa shape index (κ2) is 3.33. The third-order valence-corrected chi connectivity index (χ3v) is 3.97. The van der Waals surface area contributed by atoms with Gasteiger partial charge in [0.25, 0.3) is 0 Å². The molecule has 64 valence electrons. The predicted molar refractivity (Wildman–Crippen MR) is 50.1 cm³/mol. The van der Waals surface area contributed by atoms with Crippen LogP contribution in [0.15, 0.2) is 0 Å². The SMILES string of the molecule is C1CSCC2(CCN1)CNC2. The van der Waals surface area contributed by atoms with Crippen LogP contribution in [0.25, 0.3) is 0 Å². The molecule has 0 saturated carbocycles. The highest BCUT2D eigenvalue weighted by atomic mass is 32.2. The summed E-state index contributed by atoms with van der Waals surface area (Å²) in [5, 5.41) is 6.84. The van der Waals surface area contributed by atoms with Crippen LogP contribution >= 0.6 is 11.8 Å². The Morgan fingerprint density at radius 1 is 1.09 bits per heavy atom. The van der Waals surface area contributed by atoms with Crippen molar-refractivity contribution < 1.29 is 0 Å². The van der Waals surface area contributed by atoms with E-state index in [-0.39, 0.29) is 0 Å². The van der Waals surface area contributed by atoms with E-state index in [1.807, 2.05) is 0 Å². The van der Waals surface area contributed by atoms with Crippen LogP contribution < -0.4 is 10.6 Å². The van der Waals surface area contributed by atoms with E-state index < -0.39 is 0 Å². The molecule has 2 fully saturated rings. The minimum atomic E-state index is 0.665. The lowest BCUT2D eigenvalue weighted by molar-refractivity contribution is 0.184. The lowest BCUT2D eigenvalue weighted by atomic mass is 9.80. The highest BCUT2D eigenvalue weighted by Gasteiger charge is 2.36. The number of rotatable bonds is 0. The van der Waals surface area contributed by atoms with Gasteiger partial charge < -0.3 is 10.6 Å². The summed E-state index contributed by atoms with van der Waals surface area (Å²) in [7, 11) is 0. The van der Waals surface area contributed by atoms with Gasteiger partial charge in [-0.25, -0.2) is 0 Å². The normalized spacial score (nSPS) is 30.5. The third-order valence-electron chi connectivity index (χ3n) is 2.66. The lowest BCUT2D eigenvalue weighted by Gasteiger charge is -2.43. The van der Waals surface area contributed by atoms with E-state index in [0.717, 1.165) is 0 Å². The molecule has 2 saturated heterocycles. The molecule has 0 atom stereocenters. The average molecular weight is 172 g/mol. The molecule has 0 bridgehead atoms. The molecule has 0 unspecified atom stereocenters. The minimum absolute atomic E-state index is 0.665. The lowest BCUT2D eigenvalue weighted by Crippen LogP contribution is -2.56. The van der Waals surface area contributed by atoms with E-state index in [2.05, 4.69) is 22.4 Å². The first-order chi connectivity index (χ1) is 5.41. The molecular formula is C8H16N2S. The van der Waals surface area contributed by atoms with Crippen molar-refractivity contribution in [1.29, 1.82) is 0 Å². The van der Waals surface area contributed by atoms with E-state index in [9.17, 15) is 0 Å². The van der Waals surface area contributed by atoms with Crippen molar-refractivity contribution >= 4 is 11.8 Å². The van der Waals surface area contributed by atoms with E-state index >= 15 is 0 Å². The highest BCUT2D eigenvalue weighted by Crippen LogP contribution is 2.31. The molecule has 0 radical (unpaired) electrons. The number of nitrogens with one attached hydrogen (secondary N) is 2. The Hall–Kier alpha value is 0.270. The smallest absolute Gasteiger partial charge is 0.00583 e. The summed E-state index contributed by atoms with van der Waals surface area (Å²) >= 11 is 2.11. The van der Waals surface area contributed by atoms with Crippen LogP contribution in [0.3, 0.4) is 0 Å². The van der Waals surface area contributed by atoms with Gasteiger partial charge >= 0.3 is 0 Å². The summed E-state index contributed by atoms with van der Waals surface area (Å²) in [6, 6.07) is 0. The maximum atomic E-state index is 3.46. The van der Waals surface area contributed by atoms with Crippen LogP contribution in [0.5, 0.6) is 0 Å². The van der Waals surface area contributed by atoms with Crippen molar-refractivity contribution in [2.24, 2.45) is 5.41 Å². The zero-order valence-electron chi connectivity index (χ0n) is 6.86. The van der Waals surface area contributed by atoms with Crippen molar-refractivity contribution in [2.45, 2.75) is 6.42 Å². The maximum Gasteiger partial charge on any atom is 0.00583 e. The van der Waals surface area contributed by atoms with Gasteiger partial charge in [-0.05, 0) is 13.0 Å². The van der Waals surface area contributed by atoms with Gasteiger partial charge in [0, 0.05) is 36.6 Å². The highest BCUT2D eigenvalue weighted by molar-refractivity contribution is 7.99. The molecule has 2 rings (SSSR count). The molecule has 0 aromatic heterocycles. The molecule has 2 N–H and O–H groups in total. The van der Waals surface area contributed by atoms with Crippen molar-refractivity contribution in [1.82, 2.24) is 10.6 Å². The van der Waals surface area contributed by atoms with Gasteiger partial charge in [-0.3, -0.25) is 0 Å². The monoisotopic (exact) mass is 172 g/mol. The molecule has 2 nitrogen and oxygen atoms in total. The van der Waals surface area contributed by atoms with E-state index in [0.29, 0.717) is 5.41 Å². The Kier molecular flexibility index (Phi) is 2.39. The molecule has 0 aliphatic carbocycles. The summed E-state index contributed by atoms with van der Waals surface area (Å²) in [6.45, 7) is 4.93. The predicted octanol–water partition coefficient (Wildman–Crippen LogP) is 0.302. The number of hydrogen-bond acceptors (Lipinski definition) is 3. The van der Waals surface area contributed by atoms with E-state index in [1.165, 1.54) is 44.1 Å². The summed E-state index contributed by atoms with van der Waals surface area (Å²) in [4.78, 5) is 0. The molecule has 0 aromatic rings. The van der Waals surface area contributed by atoms with E-state index in [4.69, 9.17) is 0 Å². The molecule has 2 aliphatic heterocycles. The molecule has 1 spiro atoms. The quantitative estimate of drug-likeness (QED) is 0.550. The standard InChI is InChI=1S/C8H16N2S/c1-2-9-3-4-11-7-8(1)5-10-6-8/h9-10H,1-7H2. The molecular weight excluding hydrogens is 156 g/mol. The molecule has 3 heteroatoms. The van der Waals surface area contributed by atoms with Gasteiger partial charge in [-0.2, -0.15) is 11.8 Å². The maximum absolute atomic E-state index is 3.46.